The van der Waals surface area contributed by atoms with Crippen LogP contribution in [0.2, 0.25) is 0 Å². The van der Waals surface area contributed by atoms with Crippen molar-refractivity contribution >= 4 is 11.5 Å². The summed E-state index contributed by atoms with van der Waals surface area (Å²) in [7, 11) is 0. The number of halogens is 2. The topological polar surface area (TPSA) is 80.1 Å². The molecule has 2 aromatic rings. The summed E-state index contributed by atoms with van der Waals surface area (Å²) in [6.45, 7) is -1.14. The highest BCUT2D eigenvalue weighted by Crippen LogP contribution is 2.30. The van der Waals surface area contributed by atoms with Gasteiger partial charge in [-0.05, 0) is 18.9 Å². The standard InChI is InChI=1S/C14H17F2N5O/c15-14(16)22-13-2-1-10(8-18-13)21-5-3-9(4-6-21)11-7-12(17)20-19-11/h1-2,7-9,14H,3-6H2,(H3,17,19,20). The average Bonchev–Trinajstić information content (AvgIpc) is 2.94. The molecule has 3 rings (SSSR count). The van der Waals surface area contributed by atoms with Crippen LogP contribution in [0, 0.1) is 0 Å². The molecule has 2 aromatic heterocycles. The van der Waals surface area contributed by atoms with E-state index in [9.17, 15) is 8.78 Å². The summed E-state index contributed by atoms with van der Waals surface area (Å²) in [5.74, 6) is 0.899. The Morgan fingerprint density at radius 1 is 1.32 bits per heavy atom. The van der Waals surface area contributed by atoms with E-state index in [4.69, 9.17) is 5.73 Å². The largest absolute Gasteiger partial charge is 0.417 e. The lowest BCUT2D eigenvalue weighted by atomic mass is 9.93. The van der Waals surface area contributed by atoms with Crippen LogP contribution in [-0.2, 0) is 0 Å². The number of hydrogen-bond donors (Lipinski definition) is 2. The van der Waals surface area contributed by atoms with Crippen LogP contribution in [-0.4, -0.2) is 34.9 Å². The van der Waals surface area contributed by atoms with Crippen molar-refractivity contribution in [1.29, 1.82) is 0 Å². The Balaban J connectivity index is 1.59. The third kappa shape index (κ3) is 3.26. The summed E-state index contributed by atoms with van der Waals surface area (Å²) in [5.41, 5.74) is 7.55. The van der Waals surface area contributed by atoms with Gasteiger partial charge in [-0.2, -0.15) is 13.9 Å². The predicted molar refractivity (Wildman–Crippen MR) is 78.1 cm³/mol. The SMILES string of the molecule is Nc1cc(C2CCN(c3ccc(OC(F)F)nc3)CC2)n[nH]1. The van der Waals surface area contributed by atoms with E-state index in [1.165, 1.54) is 6.07 Å². The molecular formula is C14H17F2N5O. The van der Waals surface area contributed by atoms with Crippen LogP contribution < -0.4 is 15.4 Å². The third-order valence-corrected chi connectivity index (χ3v) is 3.83. The summed E-state index contributed by atoms with van der Waals surface area (Å²) >= 11 is 0. The molecule has 118 valence electrons. The molecule has 0 aromatic carbocycles. The van der Waals surface area contributed by atoms with Crippen molar-refractivity contribution in [2.45, 2.75) is 25.4 Å². The number of piperidine rings is 1. The maximum absolute atomic E-state index is 12.1. The summed E-state index contributed by atoms with van der Waals surface area (Å²) < 4.78 is 28.4. The van der Waals surface area contributed by atoms with Crippen LogP contribution in [0.3, 0.4) is 0 Å². The number of nitrogens with zero attached hydrogens (tertiary/aromatic N) is 3. The molecule has 22 heavy (non-hydrogen) atoms. The fourth-order valence-electron chi connectivity index (χ4n) is 2.72. The second-order valence-corrected chi connectivity index (χ2v) is 5.24. The van der Waals surface area contributed by atoms with E-state index < -0.39 is 6.61 Å². The van der Waals surface area contributed by atoms with E-state index in [1.54, 1.807) is 12.3 Å². The number of pyridine rings is 1. The zero-order valence-corrected chi connectivity index (χ0v) is 11.9. The zero-order chi connectivity index (χ0) is 15.5. The summed E-state index contributed by atoms with van der Waals surface area (Å²) in [6, 6.07) is 5.08. The molecule has 1 aliphatic heterocycles. The van der Waals surface area contributed by atoms with E-state index >= 15 is 0 Å². The van der Waals surface area contributed by atoms with Gasteiger partial charge in [0.05, 0.1) is 17.6 Å². The molecule has 0 aliphatic carbocycles. The number of nitrogen functional groups attached to an aromatic ring is 1. The molecule has 8 heteroatoms. The Labute approximate surface area is 126 Å². The number of aromatic amines is 1. The van der Waals surface area contributed by atoms with Crippen LogP contribution in [0.1, 0.15) is 24.5 Å². The van der Waals surface area contributed by atoms with Crippen molar-refractivity contribution in [3.8, 4) is 5.88 Å². The first-order valence-electron chi connectivity index (χ1n) is 7.08. The molecule has 0 bridgehead atoms. The van der Waals surface area contributed by atoms with Gasteiger partial charge >= 0.3 is 6.61 Å². The predicted octanol–water partition coefficient (Wildman–Crippen LogP) is 2.37. The molecule has 3 heterocycles. The van der Waals surface area contributed by atoms with Gasteiger partial charge in [0.15, 0.2) is 0 Å². The molecule has 0 atom stereocenters. The van der Waals surface area contributed by atoms with Crippen molar-refractivity contribution in [2.75, 3.05) is 23.7 Å². The van der Waals surface area contributed by atoms with E-state index in [-0.39, 0.29) is 5.88 Å². The Morgan fingerprint density at radius 2 is 2.09 bits per heavy atom. The van der Waals surface area contributed by atoms with Gasteiger partial charge in [-0.15, -0.1) is 0 Å². The Bertz CT molecular complexity index is 608. The lowest BCUT2D eigenvalue weighted by Gasteiger charge is -2.32. The molecule has 1 fully saturated rings. The van der Waals surface area contributed by atoms with Gasteiger partial charge in [0.1, 0.15) is 5.82 Å². The Hall–Kier alpha value is -2.38. The van der Waals surface area contributed by atoms with E-state index in [0.717, 1.165) is 37.3 Å². The molecule has 1 aliphatic rings. The maximum atomic E-state index is 12.1. The normalized spacial score (nSPS) is 16.2. The van der Waals surface area contributed by atoms with E-state index in [1.807, 2.05) is 6.07 Å². The molecule has 3 N–H and O–H groups in total. The van der Waals surface area contributed by atoms with Crippen molar-refractivity contribution in [2.24, 2.45) is 0 Å². The molecule has 1 saturated heterocycles. The molecule has 0 spiro atoms. The maximum Gasteiger partial charge on any atom is 0.388 e. The van der Waals surface area contributed by atoms with Crippen LogP contribution in [0.4, 0.5) is 20.3 Å². The van der Waals surface area contributed by atoms with E-state index in [0.29, 0.717) is 11.7 Å². The van der Waals surface area contributed by atoms with Crippen LogP contribution in [0.5, 0.6) is 5.88 Å². The fourth-order valence-corrected chi connectivity index (χ4v) is 2.72. The molecule has 6 nitrogen and oxygen atoms in total. The molecule has 0 saturated carbocycles. The van der Waals surface area contributed by atoms with Gasteiger partial charge in [-0.3, -0.25) is 5.10 Å². The minimum absolute atomic E-state index is 0.0689. The fraction of sp³-hybridized carbons (Fsp3) is 0.429. The number of nitrogens with two attached hydrogens (primary N) is 1. The molecular weight excluding hydrogens is 292 g/mol. The zero-order valence-electron chi connectivity index (χ0n) is 11.9. The number of ether oxygens (including phenoxy) is 1. The highest BCUT2D eigenvalue weighted by Gasteiger charge is 2.23. The number of alkyl halides is 2. The van der Waals surface area contributed by atoms with Crippen molar-refractivity contribution < 1.29 is 13.5 Å². The number of aromatic nitrogens is 3. The van der Waals surface area contributed by atoms with Gasteiger partial charge in [-0.25, -0.2) is 4.98 Å². The number of H-pyrrole nitrogens is 1. The molecule has 0 unspecified atom stereocenters. The van der Waals surface area contributed by atoms with Gasteiger partial charge < -0.3 is 15.4 Å². The monoisotopic (exact) mass is 309 g/mol. The summed E-state index contributed by atoms with van der Waals surface area (Å²) in [6.07, 6.45) is 3.48. The quantitative estimate of drug-likeness (QED) is 0.906. The smallest absolute Gasteiger partial charge is 0.388 e. The number of nitrogens with one attached hydrogen (secondary N) is 1. The summed E-state index contributed by atoms with van der Waals surface area (Å²) in [4.78, 5) is 6.07. The number of hydrogen-bond acceptors (Lipinski definition) is 5. The van der Waals surface area contributed by atoms with Crippen molar-refractivity contribution in [3.05, 3.63) is 30.1 Å². The Kier molecular flexibility index (Phi) is 4.08. The average molecular weight is 309 g/mol. The van der Waals surface area contributed by atoms with E-state index in [2.05, 4.69) is 24.8 Å². The van der Waals surface area contributed by atoms with Crippen molar-refractivity contribution in [1.82, 2.24) is 15.2 Å². The number of rotatable bonds is 4. The highest BCUT2D eigenvalue weighted by atomic mass is 19.3. The first-order valence-corrected chi connectivity index (χ1v) is 7.08. The second kappa shape index (κ2) is 6.17. The van der Waals surface area contributed by atoms with Gasteiger partial charge in [0.2, 0.25) is 5.88 Å². The van der Waals surface area contributed by atoms with Crippen LogP contribution >= 0.6 is 0 Å². The summed E-state index contributed by atoms with van der Waals surface area (Å²) in [5, 5.41) is 6.97. The van der Waals surface area contributed by atoms with Crippen LogP contribution in [0.15, 0.2) is 24.4 Å². The molecule has 0 radical (unpaired) electrons. The van der Waals surface area contributed by atoms with Gasteiger partial charge in [-0.1, -0.05) is 0 Å². The van der Waals surface area contributed by atoms with Crippen molar-refractivity contribution in [3.63, 3.8) is 0 Å². The van der Waals surface area contributed by atoms with Gasteiger partial charge in [0.25, 0.3) is 0 Å². The van der Waals surface area contributed by atoms with Gasteiger partial charge in [0, 0.05) is 31.1 Å². The lowest BCUT2D eigenvalue weighted by molar-refractivity contribution is -0.0528. The number of anilines is 2. The Morgan fingerprint density at radius 3 is 2.64 bits per heavy atom. The third-order valence-electron chi connectivity index (χ3n) is 3.83. The minimum atomic E-state index is -2.85. The first kappa shape index (κ1) is 14.6. The first-order chi connectivity index (χ1) is 10.6. The second-order valence-electron chi connectivity index (χ2n) is 5.24. The molecule has 0 amide bonds. The lowest BCUT2D eigenvalue weighted by Crippen LogP contribution is -2.33. The minimum Gasteiger partial charge on any atom is -0.417 e. The van der Waals surface area contributed by atoms with Crippen LogP contribution in [0.25, 0.3) is 0 Å². The highest BCUT2D eigenvalue weighted by molar-refractivity contribution is 5.46.